The molecule has 2 aromatic rings. The van der Waals surface area contributed by atoms with Gasteiger partial charge in [0.15, 0.2) is 0 Å². The van der Waals surface area contributed by atoms with Gasteiger partial charge in [-0.15, -0.1) is 11.3 Å². The number of anilines is 1. The van der Waals surface area contributed by atoms with Crippen molar-refractivity contribution in [3.63, 3.8) is 0 Å². The molecule has 1 aromatic heterocycles. The van der Waals surface area contributed by atoms with E-state index in [9.17, 15) is 4.79 Å². The maximum atomic E-state index is 12.0. The molecule has 0 aliphatic heterocycles. The molecule has 5 nitrogen and oxygen atoms in total. The molecule has 1 heterocycles. The van der Waals surface area contributed by atoms with E-state index >= 15 is 0 Å². The number of nitrogens with zero attached hydrogens (tertiary/aromatic N) is 1. The van der Waals surface area contributed by atoms with Crippen molar-refractivity contribution in [1.82, 2.24) is 10.3 Å². The van der Waals surface area contributed by atoms with Gasteiger partial charge in [-0.25, -0.2) is 9.78 Å². The van der Waals surface area contributed by atoms with E-state index in [2.05, 4.69) is 15.6 Å². The number of urea groups is 1. The average Bonchev–Trinajstić information content (AvgIpc) is 2.81. The summed E-state index contributed by atoms with van der Waals surface area (Å²) >= 11 is 1.60. The average molecular weight is 333 g/mol. The quantitative estimate of drug-likeness (QED) is 0.839. The van der Waals surface area contributed by atoms with Crippen molar-refractivity contribution < 1.29 is 9.53 Å². The van der Waals surface area contributed by atoms with Crippen molar-refractivity contribution in [3.8, 4) is 0 Å². The van der Waals surface area contributed by atoms with Crippen LogP contribution in [0.4, 0.5) is 10.5 Å². The van der Waals surface area contributed by atoms with Crippen LogP contribution in [-0.2, 0) is 17.9 Å². The first-order valence-electron chi connectivity index (χ1n) is 7.62. The van der Waals surface area contributed by atoms with E-state index < -0.39 is 0 Å². The fourth-order valence-corrected chi connectivity index (χ4v) is 2.95. The Hall–Kier alpha value is -1.92. The van der Waals surface area contributed by atoms with Gasteiger partial charge in [-0.2, -0.15) is 0 Å². The van der Waals surface area contributed by atoms with Crippen molar-refractivity contribution in [2.24, 2.45) is 0 Å². The Balaban J connectivity index is 1.87. The van der Waals surface area contributed by atoms with E-state index in [1.165, 1.54) is 0 Å². The zero-order chi connectivity index (χ0) is 16.8. The molecule has 0 saturated carbocycles. The van der Waals surface area contributed by atoms with Crippen LogP contribution in [0.25, 0.3) is 0 Å². The number of aryl methyl sites for hydroxylation is 2. The highest BCUT2D eigenvalue weighted by Crippen LogP contribution is 2.17. The molecular formula is C17H23N3O2S. The lowest BCUT2D eigenvalue weighted by atomic mass is 10.2. The SMILES string of the molecule is Cc1nc(C)c(CNC(=O)Nc2cccc(COC(C)C)c2)s1. The van der Waals surface area contributed by atoms with Crippen LogP contribution in [0, 0.1) is 13.8 Å². The Morgan fingerprint density at radius 2 is 2.13 bits per heavy atom. The van der Waals surface area contributed by atoms with Crippen LogP contribution >= 0.6 is 11.3 Å². The molecule has 6 heteroatoms. The Bertz CT molecular complexity index is 668. The van der Waals surface area contributed by atoms with Gasteiger partial charge in [0.2, 0.25) is 0 Å². The van der Waals surface area contributed by atoms with Gasteiger partial charge >= 0.3 is 6.03 Å². The highest BCUT2D eigenvalue weighted by atomic mass is 32.1. The number of rotatable bonds is 6. The highest BCUT2D eigenvalue weighted by Gasteiger charge is 2.07. The molecule has 0 aliphatic rings. The Kier molecular flexibility index (Phi) is 6.12. The van der Waals surface area contributed by atoms with E-state index in [0.717, 1.165) is 26.8 Å². The third kappa shape index (κ3) is 5.65. The minimum absolute atomic E-state index is 0.181. The van der Waals surface area contributed by atoms with Crippen LogP contribution in [0.2, 0.25) is 0 Å². The van der Waals surface area contributed by atoms with E-state index in [-0.39, 0.29) is 12.1 Å². The van der Waals surface area contributed by atoms with Crippen molar-refractivity contribution in [1.29, 1.82) is 0 Å². The molecule has 2 amide bonds. The van der Waals surface area contributed by atoms with Gasteiger partial charge in [-0.3, -0.25) is 0 Å². The van der Waals surface area contributed by atoms with Crippen LogP contribution in [0.1, 0.15) is 35.0 Å². The second kappa shape index (κ2) is 8.08. The maximum absolute atomic E-state index is 12.0. The van der Waals surface area contributed by atoms with E-state index in [1.807, 2.05) is 52.0 Å². The molecule has 0 saturated heterocycles. The lowest BCUT2D eigenvalue weighted by molar-refractivity contribution is 0.0657. The predicted molar refractivity (Wildman–Crippen MR) is 93.8 cm³/mol. The van der Waals surface area contributed by atoms with Crippen LogP contribution in [0.5, 0.6) is 0 Å². The summed E-state index contributed by atoms with van der Waals surface area (Å²) in [5.41, 5.74) is 2.76. The third-order valence-corrected chi connectivity index (χ3v) is 4.25. The smallest absolute Gasteiger partial charge is 0.319 e. The zero-order valence-corrected chi connectivity index (χ0v) is 14.8. The van der Waals surface area contributed by atoms with Gasteiger partial charge in [0.1, 0.15) is 0 Å². The number of amides is 2. The first-order chi connectivity index (χ1) is 10.9. The molecule has 23 heavy (non-hydrogen) atoms. The van der Waals surface area contributed by atoms with Gasteiger partial charge in [-0.1, -0.05) is 12.1 Å². The normalized spacial score (nSPS) is 10.8. The third-order valence-electron chi connectivity index (χ3n) is 3.18. The molecule has 0 bridgehead atoms. The summed E-state index contributed by atoms with van der Waals surface area (Å²) in [6, 6.07) is 7.45. The molecule has 0 unspecified atom stereocenters. The van der Waals surface area contributed by atoms with Gasteiger partial charge in [-0.05, 0) is 45.4 Å². The number of aromatic nitrogens is 1. The van der Waals surface area contributed by atoms with Crippen LogP contribution in [0.15, 0.2) is 24.3 Å². The molecule has 124 valence electrons. The molecule has 0 fully saturated rings. The van der Waals surface area contributed by atoms with Gasteiger partial charge in [0.05, 0.1) is 30.0 Å². The standard InChI is InChI=1S/C17H23N3O2S/c1-11(2)22-10-14-6-5-7-15(8-14)20-17(21)18-9-16-12(3)19-13(4)23-16/h5-8,11H,9-10H2,1-4H3,(H2,18,20,21). The van der Waals surface area contributed by atoms with Crippen molar-refractivity contribution in [2.45, 2.75) is 47.0 Å². The minimum Gasteiger partial charge on any atom is -0.374 e. The van der Waals surface area contributed by atoms with Crippen molar-refractivity contribution in [2.75, 3.05) is 5.32 Å². The van der Waals surface area contributed by atoms with E-state index in [4.69, 9.17) is 4.74 Å². The number of hydrogen-bond donors (Lipinski definition) is 2. The summed E-state index contributed by atoms with van der Waals surface area (Å²) in [6.07, 6.45) is 0.181. The number of benzene rings is 1. The molecule has 1 aromatic carbocycles. The second-order valence-electron chi connectivity index (χ2n) is 5.61. The van der Waals surface area contributed by atoms with Gasteiger partial charge < -0.3 is 15.4 Å². The van der Waals surface area contributed by atoms with Gasteiger partial charge in [0, 0.05) is 10.6 Å². The fraction of sp³-hybridized carbons (Fsp3) is 0.412. The molecule has 2 rings (SSSR count). The largest absolute Gasteiger partial charge is 0.374 e. The van der Waals surface area contributed by atoms with E-state index in [1.54, 1.807) is 11.3 Å². The number of carbonyl (C=O) groups is 1. The molecule has 2 N–H and O–H groups in total. The summed E-state index contributed by atoms with van der Waals surface area (Å²) in [6.45, 7) is 8.94. The molecule has 0 aliphatic carbocycles. The topological polar surface area (TPSA) is 63.2 Å². The summed E-state index contributed by atoms with van der Waals surface area (Å²) in [4.78, 5) is 17.4. The lowest BCUT2D eigenvalue weighted by Gasteiger charge is -2.10. The molecule has 0 atom stereocenters. The Morgan fingerprint density at radius 1 is 1.35 bits per heavy atom. The summed E-state index contributed by atoms with van der Waals surface area (Å²) in [5, 5.41) is 6.72. The number of thiazole rings is 1. The number of nitrogens with one attached hydrogen (secondary N) is 2. The second-order valence-corrected chi connectivity index (χ2v) is 6.90. The molecular weight excluding hydrogens is 310 g/mol. The Morgan fingerprint density at radius 3 is 2.78 bits per heavy atom. The predicted octanol–water partition coefficient (Wildman–Crippen LogP) is 4.01. The summed E-state index contributed by atoms with van der Waals surface area (Å²) < 4.78 is 5.57. The fourth-order valence-electron chi connectivity index (χ4n) is 2.08. The first kappa shape index (κ1) is 17.4. The summed E-state index contributed by atoms with van der Waals surface area (Å²) in [5.74, 6) is 0. The molecule has 0 spiro atoms. The Labute approximate surface area is 141 Å². The number of hydrogen-bond acceptors (Lipinski definition) is 4. The number of carbonyl (C=O) groups excluding carboxylic acids is 1. The minimum atomic E-state index is -0.225. The van der Waals surface area contributed by atoms with Gasteiger partial charge in [0.25, 0.3) is 0 Å². The monoisotopic (exact) mass is 333 g/mol. The maximum Gasteiger partial charge on any atom is 0.319 e. The van der Waals surface area contributed by atoms with Crippen molar-refractivity contribution in [3.05, 3.63) is 45.4 Å². The van der Waals surface area contributed by atoms with Crippen molar-refractivity contribution >= 4 is 23.1 Å². The van der Waals surface area contributed by atoms with E-state index in [0.29, 0.717) is 13.2 Å². The molecule has 0 radical (unpaired) electrons. The van der Waals surface area contributed by atoms with Crippen LogP contribution in [-0.4, -0.2) is 17.1 Å². The lowest BCUT2D eigenvalue weighted by Crippen LogP contribution is -2.28. The van der Waals surface area contributed by atoms with Crippen LogP contribution in [0.3, 0.4) is 0 Å². The highest BCUT2D eigenvalue weighted by molar-refractivity contribution is 7.11. The first-order valence-corrected chi connectivity index (χ1v) is 8.44. The zero-order valence-electron chi connectivity index (χ0n) is 14.0. The van der Waals surface area contributed by atoms with Crippen LogP contribution < -0.4 is 10.6 Å². The number of ether oxygens (including phenoxy) is 1. The summed E-state index contributed by atoms with van der Waals surface area (Å²) in [7, 11) is 0.